The van der Waals surface area contributed by atoms with E-state index in [0.29, 0.717) is 10.7 Å². The Morgan fingerprint density at radius 3 is 2.81 bits per heavy atom. The highest BCUT2D eigenvalue weighted by Gasteiger charge is 2.27. The van der Waals surface area contributed by atoms with Crippen molar-refractivity contribution in [3.8, 4) is 0 Å². The molecule has 2 N–H and O–H groups in total. The van der Waals surface area contributed by atoms with Gasteiger partial charge in [0.05, 0.1) is 27.7 Å². The zero-order valence-corrected chi connectivity index (χ0v) is 20.0. The van der Waals surface area contributed by atoms with Gasteiger partial charge in [0.1, 0.15) is 0 Å². The minimum absolute atomic E-state index is 0.0365. The molecule has 7 nitrogen and oxygen atoms in total. The van der Waals surface area contributed by atoms with Crippen LogP contribution >= 0.6 is 11.8 Å². The summed E-state index contributed by atoms with van der Waals surface area (Å²) in [7, 11) is -1.92. The Kier molecular flexibility index (Phi) is 6.60. The molecular weight excluding hydrogens is 444 g/mol. The van der Waals surface area contributed by atoms with Gasteiger partial charge in [-0.2, -0.15) is 0 Å². The fourth-order valence-electron chi connectivity index (χ4n) is 4.35. The van der Waals surface area contributed by atoms with Crippen molar-refractivity contribution in [2.24, 2.45) is 5.14 Å². The van der Waals surface area contributed by atoms with Crippen LogP contribution in [0.5, 0.6) is 0 Å². The van der Waals surface area contributed by atoms with E-state index in [0.717, 1.165) is 37.7 Å². The number of aryl methyl sites for hydroxylation is 2. The number of rotatable bonds is 7. The fourth-order valence-corrected chi connectivity index (χ4v) is 5.85. The maximum Gasteiger partial charge on any atom is 0.238 e. The molecule has 170 valence electrons. The van der Waals surface area contributed by atoms with E-state index in [9.17, 15) is 13.2 Å². The minimum atomic E-state index is -3.80. The topological polar surface area (TPSA) is 98.3 Å². The van der Waals surface area contributed by atoms with Gasteiger partial charge < -0.3 is 9.47 Å². The third kappa shape index (κ3) is 4.55. The van der Waals surface area contributed by atoms with Gasteiger partial charge in [0.2, 0.25) is 15.9 Å². The highest BCUT2D eigenvalue weighted by atomic mass is 32.2. The van der Waals surface area contributed by atoms with Gasteiger partial charge in [-0.25, -0.2) is 18.5 Å². The smallest absolute Gasteiger partial charge is 0.238 e. The zero-order chi connectivity index (χ0) is 22.9. The summed E-state index contributed by atoms with van der Waals surface area (Å²) < 4.78 is 25.5. The minimum Gasteiger partial charge on any atom is -0.338 e. The normalized spacial score (nSPS) is 16.2. The van der Waals surface area contributed by atoms with Crippen LogP contribution in [0.25, 0.3) is 11.0 Å². The van der Waals surface area contributed by atoms with E-state index in [2.05, 4.69) is 30.1 Å². The molecule has 1 aliphatic rings. The number of primary sulfonamides is 1. The molecule has 1 amide bonds. The Bertz CT molecular complexity index is 1250. The maximum atomic E-state index is 13.1. The quantitative estimate of drug-likeness (QED) is 0.529. The van der Waals surface area contributed by atoms with Gasteiger partial charge in [-0.05, 0) is 55.0 Å². The molecule has 1 aliphatic carbocycles. The Hall–Kier alpha value is -2.36. The predicted octanol–water partition coefficient (Wildman–Crippen LogP) is 3.72. The lowest BCUT2D eigenvalue weighted by atomic mass is 9.87. The molecule has 0 fully saturated rings. The van der Waals surface area contributed by atoms with E-state index in [1.54, 1.807) is 6.07 Å². The van der Waals surface area contributed by atoms with Crippen LogP contribution in [-0.2, 0) is 27.8 Å². The molecule has 32 heavy (non-hydrogen) atoms. The molecule has 0 saturated carbocycles. The molecule has 0 radical (unpaired) electrons. The number of nitrogens with two attached hydrogens (primary N) is 1. The van der Waals surface area contributed by atoms with Crippen LogP contribution in [-0.4, -0.2) is 41.6 Å². The van der Waals surface area contributed by atoms with Crippen molar-refractivity contribution < 1.29 is 13.2 Å². The number of aromatic nitrogens is 2. The van der Waals surface area contributed by atoms with Crippen LogP contribution in [0.4, 0.5) is 0 Å². The average molecular weight is 473 g/mol. The van der Waals surface area contributed by atoms with Gasteiger partial charge in [0.15, 0.2) is 5.16 Å². The van der Waals surface area contributed by atoms with E-state index in [1.165, 1.54) is 35.0 Å². The van der Waals surface area contributed by atoms with Crippen molar-refractivity contribution in [3.63, 3.8) is 0 Å². The molecular formula is C23H28N4O3S2. The molecule has 1 aromatic heterocycles. The molecule has 0 aliphatic heterocycles. The number of hydrogen-bond acceptors (Lipinski definition) is 5. The number of benzene rings is 2. The second-order valence-corrected chi connectivity index (χ2v) is 10.6. The fraction of sp³-hybridized carbons (Fsp3) is 0.391. The molecule has 0 spiro atoms. The Morgan fingerprint density at radius 1 is 1.28 bits per heavy atom. The lowest BCUT2D eigenvalue weighted by molar-refractivity contribution is -0.129. The van der Waals surface area contributed by atoms with Gasteiger partial charge in [0.25, 0.3) is 0 Å². The van der Waals surface area contributed by atoms with Crippen molar-refractivity contribution in [1.82, 2.24) is 14.5 Å². The lowest BCUT2D eigenvalue weighted by Gasteiger charge is -2.33. The second kappa shape index (κ2) is 9.25. The van der Waals surface area contributed by atoms with E-state index in [-0.39, 0.29) is 22.6 Å². The van der Waals surface area contributed by atoms with Gasteiger partial charge in [-0.3, -0.25) is 4.79 Å². The van der Waals surface area contributed by atoms with Crippen molar-refractivity contribution in [2.45, 2.75) is 55.2 Å². The summed E-state index contributed by atoms with van der Waals surface area (Å²) >= 11 is 1.39. The number of thioether (sulfide) groups is 1. The molecule has 0 saturated heterocycles. The van der Waals surface area contributed by atoms with Crippen molar-refractivity contribution in [1.29, 1.82) is 0 Å². The largest absolute Gasteiger partial charge is 0.338 e. The first-order valence-corrected chi connectivity index (χ1v) is 13.3. The number of carbonyl (C=O) groups is 1. The highest BCUT2D eigenvalue weighted by molar-refractivity contribution is 7.99. The van der Waals surface area contributed by atoms with E-state index >= 15 is 0 Å². The van der Waals surface area contributed by atoms with Crippen molar-refractivity contribution in [2.75, 3.05) is 12.8 Å². The van der Waals surface area contributed by atoms with Crippen LogP contribution in [0.3, 0.4) is 0 Å². The standard InChI is InChI=1S/C23H28N4O3S2/c1-3-13-27-21-12-11-17(32(24,29)30)14-19(21)25-23(27)31-15-22(28)26(2)20-10-6-8-16-7-4-5-9-18(16)20/h4-5,7,9,11-12,14,20H,3,6,8,10,13,15H2,1-2H3,(H2,24,29,30). The second-order valence-electron chi connectivity index (χ2n) is 8.14. The molecule has 3 aromatic rings. The third-order valence-corrected chi connectivity index (χ3v) is 7.86. The Balaban J connectivity index is 1.54. The van der Waals surface area contributed by atoms with Crippen LogP contribution < -0.4 is 5.14 Å². The monoisotopic (exact) mass is 472 g/mol. The van der Waals surface area contributed by atoms with Crippen molar-refractivity contribution in [3.05, 3.63) is 53.6 Å². The van der Waals surface area contributed by atoms with Crippen LogP contribution in [0.15, 0.2) is 52.5 Å². The van der Waals surface area contributed by atoms with Gasteiger partial charge in [0, 0.05) is 13.6 Å². The third-order valence-electron chi connectivity index (χ3n) is 5.98. The average Bonchev–Trinajstić information content (AvgIpc) is 3.13. The van der Waals surface area contributed by atoms with Crippen LogP contribution in [0.1, 0.15) is 43.4 Å². The molecule has 0 bridgehead atoms. The summed E-state index contributed by atoms with van der Waals surface area (Å²) in [5.41, 5.74) is 3.97. The maximum absolute atomic E-state index is 13.1. The molecule has 9 heteroatoms. The molecule has 2 aromatic carbocycles. The molecule has 1 heterocycles. The summed E-state index contributed by atoms with van der Waals surface area (Å²) in [6.07, 6.45) is 3.99. The van der Waals surface area contributed by atoms with E-state index in [1.807, 2.05) is 22.6 Å². The van der Waals surface area contributed by atoms with E-state index < -0.39 is 10.0 Å². The number of fused-ring (bicyclic) bond motifs is 2. The van der Waals surface area contributed by atoms with Gasteiger partial charge in [-0.15, -0.1) is 0 Å². The summed E-state index contributed by atoms with van der Waals surface area (Å²) in [4.78, 5) is 19.6. The first-order chi connectivity index (χ1) is 15.3. The summed E-state index contributed by atoms with van der Waals surface area (Å²) in [6, 6.07) is 13.2. The first kappa shape index (κ1) is 22.8. The number of carbonyl (C=O) groups excluding carboxylic acids is 1. The first-order valence-electron chi connectivity index (χ1n) is 10.8. The summed E-state index contributed by atoms with van der Waals surface area (Å²) in [5.74, 6) is 0.321. The van der Waals surface area contributed by atoms with Crippen LogP contribution in [0, 0.1) is 0 Å². The van der Waals surface area contributed by atoms with Gasteiger partial charge in [-0.1, -0.05) is 43.0 Å². The number of nitrogens with zero attached hydrogens (tertiary/aromatic N) is 3. The number of imidazole rings is 1. The number of amides is 1. The van der Waals surface area contributed by atoms with Crippen molar-refractivity contribution >= 4 is 38.7 Å². The zero-order valence-electron chi connectivity index (χ0n) is 18.3. The number of hydrogen-bond donors (Lipinski definition) is 1. The SMILES string of the molecule is CCCn1c(SCC(=O)N(C)C2CCCc3ccccc32)nc2cc(S(N)(=O)=O)ccc21. The summed E-state index contributed by atoms with van der Waals surface area (Å²) in [6.45, 7) is 2.80. The number of sulfonamides is 1. The Morgan fingerprint density at radius 2 is 2.06 bits per heavy atom. The molecule has 1 atom stereocenters. The molecule has 4 rings (SSSR count). The molecule has 1 unspecified atom stereocenters. The lowest BCUT2D eigenvalue weighted by Crippen LogP contribution is -2.34. The van der Waals surface area contributed by atoms with Gasteiger partial charge >= 0.3 is 0 Å². The summed E-state index contributed by atoms with van der Waals surface area (Å²) in [5, 5.41) is 5.98. The Labute approximate surface area is 193 Å². The highest BCUT2D eigenvalue weighted by Crippen LogP contribution is 2.34. The predicted molar refractivity (Wildman–Crippen MR) is 127 cm³/mol. The van der Waals surface area contributed by atoms with E-state index in [4.69, 9.17) is 5.14 Å². The van der Waals surface area contributed by atoms with Crippen LogP contribution in [0.2, 0.25) is 0 Å².